The van der Waals surface area contributed by atoms with Crippen molar-refractivity contribution in [1.82, 2.24) is 10.6 Å². The van der Waals surface area contributed by atoms with Crippen LogP contribution in [-0.2, 0) is 4.79 Å². The molecule has 1 amide bonds. The molecule has 0 aliphatic rings. The molecule has 4 nitrogen and oxygen atoms in total. The quantitative estimate of drug-likeness (QED) is 0.670. The molecule has 0 heterocycles. The topological polar surface area (TPSA) is 50.4 Å². The summed E-state index contributed by atoms with van der Waals surface area (Å²) in [5.41, 5.74) is 1.18. The van der Waals surface area contributed by atoms with Crippen molar-refractivity contribution in [2.45, 2.75) is 26.7 Å². The number of unbranched alkanes of at least 4 members (excludes halogenated alkanes) is 1. The van der Waals surface area contributed by atoms with E-state index < -0.39 is 0 Å². The second-order valence-electron chi connectivity index (χ2n) is 4.55. The number of benzene rings is 1. The molecule has 1 rings (SSSR count). The third kappa shape index (κ3) is 7.47. The summed E-state index contributed by atoms with van der Waals surface area (Å²) >= 11 is 0. The lowest BCUT2D eigenvalue weighted by Crippen LogP contribution is -2.35. The van der Waals surface area contributed by atoms with Crippen molar-refractivity contribution in [3.05, 3.63) is 29.8 Å². The van der Waals surface area contributed by atoms with Crippen LogP contribution in [0.4, 0.5) is 0 Å². The lowest BCUT2D eigenvalue weighted by Gasteiger charge is -2.08. The standard InChI is InChI=1S/C15H24N2O2/c1-3-4-8-17-15(18)12-16-9-10-19-14-7-5-6-13(2)11-14/h5-7,11,16H,3-4,8-10,12H2,1-2H3,(H,17,18). The van der Waals surface area contributed by atoms with Crippen molar-refractivity contribution < 1.29 is 9.53 Å². The summed E-state index contributed by atoms with van der Waals surface area (Å²) in [7, 11) is 0. The van der Waals surface area contributed by atoms with E-state index in [0.717, 1.165) is 25.1 Å². The largest absolute Gasteiger partial charge is 0.492 e. The first-order valence-electron chi connectivity index (χ1n) is 6.89. The Kier molecular flexibility index (Phi) is 7.66. The molecule has 0 saturated heterocycles. The highest BCUT2D eigenvalue weighted by Gasteiger charge is 1.99. The molecule has 0 saturated carbocycles. The Balaban J connectivity index is 2.03. The minimum atomic E-state index is 0.0454. The third-order valence-electron chi connectivity index (χ3n) is 2.68. The first-order valence-corrected chi connectivity index (χ1v) is 6.89. The maximum atomic E-state index is 11.4. The first-order chi connectivity index (χ1) is 9.22. The molecule has 4 heteroatoms. The maximum Gasteiger partial charge on any atom is 0.233 e. The average molecular weight is 264 g/mol. The summed E-state index contributed by atoms with van der Waals surface area (Å²) in [6.45, 7) is 6.47. The van der Waals surface area contributed by atoms with Crippen LogP contribution in [0.15, 0.2) is 24.3 Å². The molecule has 0 radical (unpaired) electrons. The van der Waals surface area contributed by atoms with Gasteiger partial charge in [0.2, 0.25) is 5.91 Å². The van der Waals surface area contributed by atoms with Crippen LogP contribution in [0.2, 0.25) is 0 Å². The molecule has 0 atom stereocenters. The zero-order valence-corrected chi connectivity index (χ0v) is 11.9. The highest BCUT2D eigenvalue weighted by atomic mass is 16.5. The zero-order valence-electron chi connectivity index (χ0n) is 11.9. The zero-order chi connectivity index (χ0) is 13.9. The number of rotatable bonds is 9. The van der Waals surface area contributed by atoms with Crippen LogP contribution in [0.3, 0.4) is 0 Å². The fourth-order valence-electron chi connectivity index (χ4n) is 1.62. The second-order valence-corrected chi connectivity index (χ2v) is 4.55. The van der Waals surface area contributed by atoms with Crippen LogP contribution < -0.4 is 15.4 Å². The number of carbonyl (C=O) groups is 1. The monoisotopic (exact) mass is 264 g/mol. The number of hydrogen-bond acceptors (Lipinski definition) is 3. The molecular weight excluding hydrogens is 240 g/mol. The Hall–Kier alpha value is -1.55. The lowest BCUT2D eigenvalue weighted by atomic mass is 10.2. The Labute approximate surface area is 115 Å². The molecule has 106 valence electrons. The fraction of sp³-hybridized carbons (Fsp3) is 0.533. The SMILES string of the molecule is CCCCNC(=O)CNCCOc1cccc(C)c1. The number of amides is 1. The number of ether oxygens (including phenoxy) is 1. The van der Waals surface area contributed by atoms with Gasteiger partial charge in [-0.3, -0.25) is 4.79 Å². The Morgan fingerprint density at radius 2 is 2.16 bits per heavy atom. The van der Waals surface area contributed by atoms with Crippen LogP contribution in [0, 0.1) is 6.92 Å². The predicted molar refractivity (Wildman–Crippen MR) is 77.5 cm³/mol. The smallest absolute Gasteiger partial charge is 0.233 e. The van der Waals surface area contributed by atoms with Gasteiger partial charge in [-0.1, -0.05) is 25.5 Å². The molecule has 0 spiro atoms. The molecule has 0 bridgehead atoms. The highest BCUT2D eigenvalue weighted by molar-refractivity contribution is 5.77. The Morgan fingerprint density at radius 3 is 2.89 bits per heavy atom. The Morgan fingerprint density at radius 1 is 1.32 bits per heavy atom. The van der Waals surface area contributed by atoms with Crippen LogP contribution >= 0.6 is 0 Å². The van der Waals surface area contributed by atoms with E-state index in [1.165, 1.54) is 5.56 Å². The van der Waals surface area contributed by atoms with Crippen molar-refractivity contribution in [3.8, 4) is 5.75 Å². The number of aryl methyl sites for hydroxylation is 1. The van der Waals surface area contributed by atoms with E-state index in [0.29, 0.717) is 19.7 Å². The lowest BCUT2D eigenvalue weighted by molar-refractivity contribution is -0.120. The van der Waals surface area contributed by atoms with Crippen molar-refractivity contribution >= 4 is 5.91 Å². The van der Waals surface area contributed by atoms with Gasteiger partial charge < -0.3 is 15.4 Å². The van der Waals surface area contributed by atoms with Gasteiger partial charge in [-0.2, -0.15) is 0 Å². The summed E-state index contributed by atoms with van der Waals surface area (Å²) in [6.07, 6.45) is 2.13. The van der Waals surface area contributed by atoms with Crippen molar-refractivity contribution in [3.63, 3.8) is 0 Å². The van der Waals surface area contributed by atoms with Gasteiger partial charge in [0.15, 0.2) is 0 Å². The number of carbonyl (C=O) groups excluding carboxylic acids is 1. The van der Waals surface area contributed by atoms with Crippen molar-refractivity contribution in [2.75, 3.05) is 26.2 Å². The summed E-state index contributed by atoms with van der Waals surface area (Å²) in [5, 5.41) is 5.92. The van der Waals surface area contributed by atoms with Gasteiger partial charge in [-0.25, -0.2) is 0 Å². The van der Waals surface area contributed by atoms with E-state index in [1.807, 2.05) is 31.2 Å². The number of nitrogens with one attached hydrogen (secondary N) is 2. The molecule has 0 unspecified atom stereocenters. The van der Waals surface area contributed by atoms with Gasteiger partial charge in [-0.05, 0) is 31.0 Å². The van der Waals surface area contributed by atoms with Gasteiger partial charge in [0.25, 0.3) is 0 Å². The minimum Gasteiger partial charge on any atom is -0.492 e. The summed E-state index contributed by atoms with van der Waals surface area (Å²) in [5.74, 6) is 0.915. The first kappa shape index (κ1) is 15.5. The van der Waals surface area contributed by atoms with Gasteiger partial charge in [0.05, 0.1) is 6.54 Å². The number of hydrogen-bond donors (Lipinski definition) is 2. The molecule has 1 aromatic rings. The molecule has 0 fully saturated rings. The minimum absolute atomic E-state index is 0.0454. The van der Waals surface area contributed by atoms with E-state index in [9.17, 15) is 4.79 Å². The fourth-order valence-corrected chi connectivity index (χ4v) is 1.62. The van der Waals surface area contributed by atoms with E-state index in [4.69, 9.17) is 4.74 Å². The van der Waals surface area contributed by atoms with Crippen LogP contribution in [0.5, 0.6) is 5.75 Å². The Bertz CT molecular complexity index is 380. The van der Waals surface area contributed by atoms with Gasteiger partial charge in [0, 0.05) is 13.1 Å². The van der Waals surface area contributed by atoms with E-state index in [-0.39, 0.29) is 5.91 Å². The summed E-state index contributed by atoms with van der Waals surface area (Å²) in [4.78, 5) is 11.4. The van der Waals surface area contributed by atoms with Gasteiger partial charge in [-0.15, -0.1) is 0 Å². The average Bonchev–Trinajstić information content (AvgIpc) is 2.39. The van der Waals surface area contributed by atoms with Crippen LogP contribution in [0.1, 0.15) is 25.3 Å². The molecule has 19 heavy (non-hydrogen) atoms. The maximum absolute atomic E-state index is 11.4. The molecule has 1 aromatic carbocycles. The van der Waals surface area contributed by atoms with Crippen molar-refractivity contribution in [1.29, 1.82) is 0 Å². The highest BCUT2D eigenvalue weighted by Crippen LogP contribution is 2.11. The van der Waals surface area contributed by atoms with Crippen molar-refractivity contribution in [2.24, 2.45) is 0 Å². The van der Waals surface area contributed by atoms with Crippen LogP contribution in [-0.4, -0.2) is 32.1 Å². The van der Waals surface area contributed by atoms with Crippen LogP contribution in [0.25, 0.3) is 0 Å². The molecular formula is C15H24N2O2. The molecule has 2 N–H and O–H groups in total. The predicted octanol–water partition coefficient (Wildman–Crippen LogP) is 1.88. The molecule has 0 aliphatic heterocycles. The second kappa shape index (κ2) is 9.39. The molecule has 0 aromatic heterocycles. The summed E-state index contributed by atoms with van der Waals surface area (Å²) in [6, 6.07) is 7.94. The molecule has 0 aliphatic carbocycles. The van der Waals surface area contributed by atoms with Gasteiger partial charge >= 0.3 is 0 Å². The summed E-state index contributed by atoms with van der Waals surface area (Å²) < 4.78 is 5.57. The van der Waals surface area contributed by atoms with Gasteiger partial charge in [0.1, 0.15) is 12.4 Å². The van der Waals surface area contributed by atoms with E-state index >= 15 is 0 Å². The third-order valence-corrected chi connectivity index (χ3v) is 2.68. The normalized spacial score (nSPS) is 10.2. The van der Waals surface area contributed by atoms with E-state index in [1.54, 1.807) is 0 Å². The van der Waals surface area contributed by atoms with E-state index in [2.05, 4.69) is 17.6 Å².